The fourth-order valence-corrected chi connectivity index (χ4v) is 2.32. The van der Waals surface area contributed by atoms with E-state index in [1.165, 1.54) is 16.3 Å². The van der Waals surface area contributed by atoms with Crippen LogP contribution in [0.15, 0.2) is 9.95 Å². The molecule has 1 rings (SSSR count). The summed E-state index contributed by atoms with van der Waals surface area (Å²) in [5, 5.41) is 6.87. The maximum atomic E-state index is 11.6. The first-order valence-corrected chi connectivity index (χ1v) is 7.07. The average Bonchev–Trinajstić information content (AvgIpc) is 2.66. The van der Waals surface area contributed by atoms with Crippen molar-refractivity contribution in [1.82, 2.24) is 14.8 Å². The molecule has 1 unspecified atom stereocenters. The highest BCUT2D eigenvalue weighted by Gasteiger charge is 2.29. The number of rotatable bonds is 7. The summed E-state index contributed by atoms with van der Waals surface area (Å²) in [4.78, 5) is 22.7. The molecule has 19 heavy (non-hydrogen) atoms. The molecule has 8 heteroatoms. The minimum atomic E-state index is -0.964. The maximum Gasteiger partial charge on any atom is 0.343 e. The highest BCUT2D eigenvalue weighted by atomic mass is 32.2. The van der Waals surface area contributed by atoms with Gasteiger partial charge in [0.2, 0.25) is 0 Å². The number of aromatic amines is 1. The van der Waals surface area contributed by atoms with E-state index >= 15 is 0 Å². The zero-order valence-corrected chi connectivity index (χ0v) is 12.2. The summed E-state index contributed by atoms with van der Waals surface area (Å²) < 4.78 is 6.35. The number of nitrogens with zero attached hydrogens (tertiary/aromatic N) is 2. The van der Waals surface area contributed by atoms with E-state index in [1.54, 1.807) is 20.9 Å². The predicted molar refractivity (Wildman–Crippen MR) is 73.0 cm³/mol. The summed E-state index contributed by atoms with van der Waals surface area (Å²) in [6, 6.07) is 0. The highest BCUT2D eigenvalue weighted by Crippen LogP contribution is 2.18. The third-order valence-electron chi connectivity index (χ3n) is 2.65. The molecule has 0 aliphatic rings. The third kappa shape index (κ3) is 4.39. The summed E-state index contributed by atoms with van der Waals surface area (Å²) >= 11 is 1.45. The van der Waals surface area contributed by atoms with E-state index < -0.39 is 5.54 Å². The monoisotopic (exact) mass is 288 g/mol. The molecular formula is C11H20N4O3S. The minimum absolute atomic E-state index is 0.238. The topological polar surface area (TPSA) is 103 Å². The van der Waals surface area contributed by atoms with E-state index in [-0.39, 0.29) is 11.7 Å². The van der Waals surface area contributed by atoms with Crippen molar-refractivity contribution >= 4 is 17.7 Å². The molecule has 3 N–H and O–H groups in total. The van der Waals surface area contributed by atoms with Gasteiger partial charge in [0.1, 0.15) is 5.54 Å². The largest absolute Gasteiger partial charge is 0.465 e. The lowest BCUT2D eigenvalue weighted by Gasteiger charge is -2.21. The van der Waals surface area contributed by atoms with Crippen LogP contribution in [0.5, 0.6) is 0 Å². The van der Waals surface area contributed by atoms with Crippen molar-refractivity contribution in [3.63, 3.8) is 0 Å². The number of H-pyrrole nitrogens is 1. The molecular weight excluding hydrogens is 268 g/mol. The van der Waals surface area contributed by atoms with Crippen LogP contribution in [0.4, 0.5) is 0 Å². The second kappa shape index (κ2) is 6.76. The van der Waals surface area contributed by atoms with E-state index in [1.807, 2.05) is 0 Å². The van der Waals surface area contributed by atoms with Crippen molar-refractivity contribution in [2.75, 3.05) is 12.4 Å². The van der Waals surface area contributed by atoms with Crippen molar-refractivity contribution in [2.24, 2.45) is 12.8 Å². The van der Waals surface area contributed by atoms with E-state index in [2.05, 4.69) is 10.2 Å². The van der Waals surface area contributed by atoms with Gasteiger partial charge in [-0.05, 0) is 26.7 Å². The molecule has 0 aromatic carbocycles. The van der Waals surface area contributed by atoms with Gasteiger partial charge in [-0.25, -0.2) is 9.89 Å². The predicted octanol–water partition coefficient (Wildman–Crippen LogP) is 0.261. The number of carbonyl (C=O) groups is 1. The molecule has 0 bridgehead atoms. The number of ether oxygens (including phenoxy) is 1. The van der Waals surface area contributed by atoms with Crippen LogP contribution in [0.25, 0.3) is 0 Å². The molecule has 0 radical (unpaired) electrons. The SMILES string of the molecule is CCOC(=O)C(C)(N)CCCSc1n[nH]c(=O)n1C. The average molecular weight is 288 g/mol. The molecule has 0 fully saturated rings. The van der Waals surface area contributed by atoms with Gasteiger partial charge in [-0.1, -0.05) is 11.8 Å². The maximum absolute atomic E-state index is 11.6. The number of aromatic nitrogens is 3. The van der Waals surface area contributed by atoms with Crippen LogP contribution in [0.1, 0.15) is 26.7 Å². The van der Waals surface area contributed by atoms with Gasteiger partial charge in [-0.15, -0.1) is 5.10 Å². The number of esters is 1. The smallest absolute Gasteiger partial charge is 0.343 e. The van der Waals surface area contributed by atoms with Crippen LogP contribution in [0, 0.1) is 0 Å². The first kappa shape index (κ1) is 15.8. The molecule has 1 aromatic rings. The molecule has 7 nitrogen and oxygen atoms in total. The van der Waals surface area contributed by atoms with Crippen LogP contribution in [0.2, 0.25) is 0 Å². The van der Waals surface area contributed by atoms with Gasteiger partial charge < -0.3 is 10.5 Å². The number of carbonyl (C=O) groups excluding carboxylic acids is 1. The first-order valence-electron chi connectivity index (χ1n) is 6.08. The number of thioether (sulfide) groups is 1. The Bertz CT molecular complexity index is 481. The minimum Gasteiger partial charge on any atom is -0.465 e. The number of hydrogen-bond donors (Lipinski definition) is 2. The van der Waals surface area contributed by atoms with E-state index in [9.17, 15) is 9.59 Å². The number of nitrogens with two attached hydrogens (primary N) is 1. The Morgan fingerprint density at radius 3 is 2.84 bits per heavy atom. The Labute approximate surface area is 115 Å². The molecule has 0 amide bonds. The van der Waals surface area contributed by atoms with Crippen LogP contribution < -0.4 is 11.4 Å². The van der Waals surface area contributed by atoms with Gasteiger partial charge in [0.05, 0.1) is 6.61 Å². The summed E-state index contributed by atoms with van der Waals surface area (Å²) in [7, 11) is 1.65. The van der Waals surface area contributed by atoms with Gasteiger partial charge in [-0.3, -0.25) is 9.36 Å². The summed E-state index contributed by atoms with van der Waals surface area (Å²) in [5.74, 6) is 0.344. The van der Waals surface area contributed by atoms with Gasteiger partial charge in [-0.2, -0.15) is 0 Å². The third-order valence-corrected chi connectivity index (χ3v) is 3.77. The van der Waals surface area contributed by atoms with Gasteiger partial charge >= 0.3 is 11.7 Å². The summed E-state index contributed by atoms with van der Waals surface area (Å²) in [6.45, 7) is 3.75. The summed E-state index contributed by atoms with van der Waals surface area (Å²) in [5.41, 5.74) is 4.70. The second-order valence-electron chi connectivity index (χ2n) is 4.46. The zero-order valence-electron chi connectivity index (χ0n) is 11.4. The molecule has 1 aromatic heterocycles. The Kier molecular flexibility index (Phi) is 5.61. The molecule has 0 spiro atoms. The van der Waals surface area contributed by atoms with E-state index in [0.29, 0.717) is 18.2 Å². The molecule has 0 saturated carbocycles. The molecule has 1 heterocycles. The van der Waals surface area contributed by atoms with Gasteiger partial charge in [0.25, 0.3) is 0 Å². The fraction of sp³-hybridized carbons (Fsp3) is 0.727. The van der Waals surface area contributed by atoms with Gasteiger partial charge in [0, 0.05) is 12.8 Å². The van der Waals surface area contributed by atoms with Gasteiger partial charge in [0.15, 0.2) is 5.16 Å². The molecule has 108 valence electrons. The Morgan fingerprint density at radius 1 is 1.63 bits per heavy atom. The summed E-state index contributed by atoms with van der Waals surface area (Å²) in [6.07, 6.45) is 1.26. The van der Waals surface area contributed by atoms with Crippen molar-refractivity contribution in [3.8, 4) is 0 Å². The lowest BCUT2D eigenvalue weighted by molar-refractivity contribution is -0.149. The zero-order chi connectivity index (χ0) is 14.5. The normalized spacial score (nSPS) is 14.1. The van der Waals surface area contributed by atoms with E-state index in [4.69, 9.17) is 10.5 Å². The fourth-order valence-electron chi connectivity index (χ4n) is 1.46. The van der Waals surface area contributed by atoms with Crippen LogP contribution in [0.3, 0.4) is 0 Å². The molecule has 0 aliphatic heterocycles. The number of hydrogen-bond acceptors (Lipinski definition) is 6. The van der Waals surface area contributed by atoms with Crippen LogP contribution >= 0.6 is 11.8 Å². The van der Waals surface area contributed by atoms with Crippen LogP contribution in [-0.2, 0) is 16.6 Å². The number of nitrogens with one attached hydrogen (secondary N) is 1. The quantitative estimate of drug-likeness (QED) is 0.424. The Balaban J connectivity index is 2.36. The lowest BCUT2D eigenvalue weighted by atomic mass is 9.98. The second-order valence-corrected chi connectivity index (χ2v) is 5.52. The first-order chi connectivity index (χ1) is 8.88. The molecule has 1 atom stereocenters. The van der Waals surface area contributed by atoms with Crippen molar-refractivity contribution in [1.29, 1.82) is 0 Å². The Hall–Kier alpha value is -1.28. The molecule has 0 saturated heterocycles. The van der Waals surface area contributed by atoms with Crippen molar-refractivity contribution in [3.05, 3.63) is 10.5 Å². The lowest BCUT2D eigenvalue weighted by Crippen LogP contribution is -2.46. The van der Waals surface area contributed by atoms with E-state index in [0.717, 1.165) is 12.2 Å². The molecule has 0 aliphatic carbocycles. The highest BCUT2D eigenvalue weighted by molar-refractivity contribution is 7.99. The van der Waals surface area contributed by atoms with Crippen molar-refractivity contribution in [2.45, 2.75) is 37.4 Å². The van der Waals surface area contributed by atoms with Crippen molar-refractivity contribution < 1.29 is 9.53 Å². The van der Waals surface area contributed by atoms with Crippen LogP contribution in [-0.4, -0.2) is 38.6 Å². The Morgan fingerprint density at radius 2 is 2.32 bits per heavy atom. The standard InChI is InChI=1S/C11H20N4O3S/c1-4-18-8(16)11(2,12)6-5-7-19-10-14-13-9(17)15(10)3/h4-7,12H2,1-3H3,(H,13,17).